The first-order chi connectivity index (χ1) is 18.8. The zero-order valence-corrected chi connectivity index (χ0v) is 22.6. The standard InChI is InChI=1S/C33H33N3O3/c1-32(2,3)39-31(38)36-22-20-34-30(36)23-25-24-35(21-19-29(25)37)33(26-13-7-4-8-14-26,27-15-9-5-10-16-27)28-17-11-6-12-18-28/h4-18,20,22-23H,19,21,24H2,1-3H3. The summed E-state index contributed by atoms with van der Waals surface area (Å²) in [4.78, 5) is 32.8. The van der Waals surface area contributed by atoms with Gasteiger partial charge in [0.1, 0.15) is 11.4 Å². The number of ketones is 1. The lowest BCUT2D eigenvalue weighted by Crippen LogP contribution is -2.52. The summed E-state index contributed by atoms with van der Waals surface area (Å²) in [6.45, 7) is 6.42. The van der Waals surface area contributed by atoms with Crippen LogP contribution in [0.2, 0.25) is 0 Å². The highest BCUT2D eigenvalue weighted by molar-refractivity contribution is 6.00. The molecule has 0 atom stereocenters. The van der Waals surface area contributed by atoms with E-state index in [2.05, 4.69) is 82.7 Å². The highest BCUT2D eigenvalue weighted by atomic mass is 16.6. The molecular formula is C33H33N3O3. The largest absolute Gasteiger partial charge is 0.443 e. The molecule has 1 aromatic heterocycles. The number of imidazole rings is 1. The van der Waals surface area contributed by atoms with Crippen molar-refractivity contribution in [3.63, 3.8) is 0 Å². The number of hydrogen-bond acceptors (Lipinski definition) is 5. The number of ether oxygens (including phenoxy) is 1. The molecule has 0 radical (unpaired) electrons. The zero-order chi connectivity index (χ0) is 27.5. The van der Waals surface area contributed by atoms with E-state index < -0.39 is 17.2 Å². The number of Topliss-reactive ketones (excluding diaryl/α,β-unsaturated/α-hetero) is 1. The fourth-order valence-electron chi connectivity index (χ4n) is 5.31. The maximum atomic E-state index is 13.3. The van der Waals surface area contributed by atoms with Gasteiger partial charge in [-0.1, -0.05) is 91.0 Å². The van der Waals surface area contributed by atoms with Crippen molar-refractivity contribution in [2.24, 2.45) is 0 Å². The summed E-state index contributed by atoms with van der Waals surface area (Å²) in [5.74, 6) is 0.423. The SMILES string of the molecule is CC(C)(C)OC(=O)n1ccnc1C=C1CN(C(c2ccccc2)(c2ccccc2)c2ccccc2)CCC1=O. The first-order valence-electron chi connectivity index (χ1n) is 13.2. The summed E-state index contributed by atoms with van der Waals surface area (Å²) in [5, 5.41) is 0. The van der Waals surface area contributed by atoms with E-state index in [0.29, 0.717) is 30.9 Å². The van der Waals surface area contributed by atoms with E-state index in [0.717, 1.165) is 16.7 Å². The van der Waals surface area contributed by atoms with Crippen LogP contribution in [0.4, 0.5) is 4.79 Å². The molecule has 0 N–H and O–H groups in total. The van der Waals surface area contributed by atoms with Gasteiger partial charge in [0.05, 0.1) is 5.54 Å². The summed E-state index contributed by atoms with van der Waals surface area (Å²) < 4.78 is 6.90. The molecule has 2 heterocycles. The van der Waals surface area contributed by atoms with Crippen LogP contribution >= 0.6 is 0 Å². The number of hydrogen-bond donors (Lipinski definition) is 0. The fraction of sp³-hybridized carbons (Fsp3) is 0.242. The van der Waals surface area contributed by atoms with Crippen molar-refractivity contribution in [2.75, 3.05) is 13.1 Å². The lowest BCUT2D eigenvalue weighted by Gasteiger charge is -2.47. The van der Waals surface area contributed by atoms with E-state index in [1.165, 1.54) is 4.57 Å². The molecule has 3 aromatic carbocycles. The number of nitrogens with zero attached hydrogens (tertiary/aromatic N) is 3. The van der Waals surface area contributed by atoms with Crippen molar-refractivity contribution in [3.05, 3.63) is 131 Å². The van der Waals surface area contributed by atoms with Crippen molar-refractivity contribution >= 4 is 18.0 Å². The number of carbonyl (C=O) groups is 2. The second-order valence-corrected chi connectivity index (χ2v) is 10.7. The molecule has 6 nitrogen and oxygen atoms in total. The molecule has 6 heteroatoms. The lowest BCUT2D eigenvalue weighted by atomic mass is 9.74. The minimum Gasteiger partial charge on any atom is -0.443 e. The lowest BCUT2D eigenvalue weighted by molar-refractivity contribution is -0.117. The minimum absolute atomic E-state index is 0.0491. The smallest absolute Gasteiger partial charge is 0.420 e. The van der Waals surface area contributed by atoms with Crippen LogP contribution in [0.15, 0.2) is 109 Å². The summed E-state index contributed by atoms with van der Waals surface area (Å²) in [6, 6.07) is 31.3. The molecule has 0 bridgehead atoms. The Labute approximate surface area is 229 Å². The predicted molar refractivity (Wildman–Crippen MR) is 152 cm³/mol. The van der Waals surface area contributed by atoms with Gasteiger partial charge in [-0.05, 0) is 43.5 Å². The first-order valence-corrected chi connectivity index (χ1v) is 13.2. The molecule has 39 heavy (non-hydrogen) atoms. The Kier molecular flexibility index (Phi) is 7.31. The third-order valence-corrected chi connectivity index (χ3v) is 6.94. The monoisotopic (exact) mass is 519 g/mol. The molecule has 4 aromatic rings. The maximum absolute atomic E-state index is 13.3. The number of likely N-dealkylation sites (tertiary alicyclic amines) is 1. The van der Waals surface area contributed by atoms with Crippen LogP contribution < -0.4 is 0 Å². The maximum Gasteiger partial charge on any atom is 0.420 e. The normalized spacial score (nSPS) is 15.9. The van der Waals surface area contributed by atoms with Crippen LogP contribution in [0.1, 0.15) is 49.7 Å². The number of aromatic nitrogens is 2. The average molecular weight is 520 g/mol. The van der Waals surface area contributed by atoms with E-state index >= 15 is 0 Å². The Morgan fingerprint density at radius 1 is 0.846 bits per heavy atom. The molecule has 1 aliphatic heterocycles. The van der Waals surface area contributed by atoms with Crippen molar-refractivity contribution in [1.82, 2.24) is 14.5 Å². The summed E-state index contributed by atoms with van der Waals surface area (Å²) in [6.07, 6.45) is 4.66. The zero-order valence-electron chi connectivity index (χ0n) is 22.6. The Morgan fingerprint density at radius 3 is 1.85 bits per heavy atom. The van der Waals surface area contributed by atoms with Crippen LogP contribution in [0, 0.1) is 0 Å². The molecule has 1 fully saturated rings. The summed E-state index contributed by atoms with van der Waals surface area (Å²) >= 11 is 0. The Bertz CT molecular complexity index is 1370. The number of carbonyl (C=O) groups excluding carboxylic acids is 2. The average Bonchev–Trinajstić information content (AvgIpc) is 3.40. The van der Waals surface area contributed by atoms with Crippen molar-refractivity contribution in [3.8, 4) is 0 Å². The topological polar surface area (TPSA) is 64.4 Å². The molecule has 0 unspecified atom stereocenters. The molecule has 5 rings (SSSR count). The van der Waals surface area contributed by atoms with Crippen molar-refractivity contribution in [1.29, 1.82) is 0 Å². The van der Waals surface area contributed by atoms with Crippen LogP contribution in [0.3, 0.4) is 0 Å². The molecule has 1 saturated heterocycles. The van der Waals surface area contributed by atoms with Crippen LogP contribution in [-0.4, -0.2) is 45.0 Å². The van der Waals surface area contributed by atoms with E-state index in [9.17, 15) is 9.59 Å². The number of piperidine rings is 1. The van der Waals surface area contributed by atoms with E-state index in [1.54, 1.807) is 18.5 Å². The molecule has 0 spiro atoms. The Balaban J connectivity index is 1.63. The van der Waals surface area contributed by atoms with Crippen LogP contribution in [0.5, 0.6) is 0 Å². The molecular weight excluding hydrogens is 486 g/mol. The predicted octanol–water partition coefficient (Wildman–Crippen LogP) is 6.32. The minimum atomic E-state index is -0.649. The Morgan fingerprint density at radius 2 is 1.36 bits per heavy atom. The quantitative estimate of drug-likeness (QED) is 0.228. The van der Waals surface area contributed by atoms with Gasteiger partial charge in [0.2, 0.25) is 0 Å². The van der Waals surface area contributed by atoms with Gasteiger partial charge in [-0.15, -0.1) is 0 Å². The number of benzene rings is 3. The highest BCUT2D eigenvalue weighted by Gasteiger charge is 2.44. The van der Waals surface area contributed by atoms with Crippen molar-refractivity contribution in [2.45, 2.75) is 38.3 Å². The second kappa shape index (κ2) is 10.8. The number of rotatable bonds is 5. The second-order valence-electron chi connectivity index (χ2n) is 10.7. The fourth-order valence-corrected chi connectivity index (χ4v) is 5.31. The van der Waals surface area contributed by atoms with Gasteiger partial charge in [0, 0.05) is 37.5 Å². The molecule has 0 saturated carbocycles. The van der Waals surface area contributed by atoms with Gasteiger partial charge in [0.25, 0.3) is 0 Å². The van der Waals surface area contributed by atoms with Crippen LogP contribution in [-0.2, 0) is 15.1 Å². The third kappa shape index (κ3) is 5.33. The van der Waals surface area contributed by atoms with Gasteiger partial charge in [-0.3, -0.25) is 9.69 Å². The van der Waals surface area contributed by atoms with Gasteiger partial charge in [-0.25, -0.2) is 14.3 Å². The highest BCUT2D eigenvalue weighted by Crippen LogP contribution is 2.44. The van der Waals surface area contributed by atoms with E-state index in [-0.39, 0.29) is 5.78 Å². The van der Waals surface area contributed by atoms with Gasteiger partial charge < -0.3 is 4.74 Å². The third-order valence-electron chi connectivity index (χ3n) is 6.94. The summed E-state index contributed by atoms with van der Waals surface area (Å²) in [7, 11) is 0. The van der Waals surface area contributed by atoms with Gasteiger partial charge in [-0.2, -0.15) is 0 Å². The molecule has 0 amide bonds. The van der Waals surface area contributed by atoms with Gasteiger partial charge >= 0.3 is 6.09 Å². The molecule has 198 valence electrons. The summed E-state index contributed by atoms with van der Waals surface area (Å²) in [5.41, 5.74) is 2.67. The first kappa shape index (κ1) is 26.3. The van der Waals surface area contributed by atoms with Crippen molar-refractivity contribution < 1.29 is 14.3 Å². The van der Waals surface area contributed by atoms with Gasteiger partial charge in [0.15, 0.2) is 5.78 Å². The molecule has 1 aliphatic rings. The van der Waals surface area contributed by atoms with E-state index in [4.69, 9.17) is 4.74 Å². The van der Waals surface area contributed by atoms with Crippen LogP contribution in [0.25, 0.3) is 6.08 Å². The van der Waals surface area contributed by atoms with E-state index in [1.807, 2.05) is 39.0 Å². The Hall–Kier alpha value is -4.29. The molecule has 0 aliphatic carbocycles.